The molecule has 28 heavy (non-hydrogen) atoms. The van der Waals surface area contributed by atoms with Crippen molar-refractivity contribution >= 4 is 5.82 Å². The molecule has 3 rings (SSSR count). The molecule has 0 radical (unpaired) electrons. The first kappa shape index (κ1) is 20.5. The molecule has 8 nitrogen and oxygen atoms in total. The van der Waals surface area contributed by atoms with Crippen molar-refractivity contribution in [1.82, 2.24) is 9.55 Å². The van der Waals surface area contributed by atoms with Gasteiger partial charge in [-0.3, -0.25) is 4.57 Å². The van der Waals surface area contributed by atoms with Gasteiger partial charge in [-0.2, -0.15) is 4.98 Å². The quantitative estimate of drug-likeness (QED) is 0.658. The van der Waals surface area contributed by atoms with E-state index in [-0.39, 0.29) is 12.4 Å². The average molecular weight is 389 g/mol. The number of nitrogens with zero attached hydrogens (tertiary/aromatic N) is 2. The molecule has 1 aliphatic rings. The third-order valence-electron chi connectivity index (χ3n) is 4.57. The third-order valence-corrected chi connectivity index (χ3v) is 4.57. The number of anilines is 1. The van der Waals surface area contributed by atoms with Gasteiger partial charge in [0.15, 0.2) is 18.3 Å². The average Bonchev–Trinajstić information content (AvgIpc) is 3.16. The number of aromatic nitrogens is 2. The highest BCUT2D eigenvalue weighted by molar-refractivity contribution is 5.23. The van der Waals surface area contributed by atoms with E-state index in [1.807, 2.05) is 44.2 Å². The molecule has 0 amide bonds. The first-order valence-electron chi connectivity index (χ1n) is 9.53. The zero-order chi connectivity index (χ0) is 20.0. The summed E-state index contributed by atoms with van der Waals surface area (Å²) in [6.45, 7) is 5.16. The highest BCUT2D eigenvalue weighted by Gasteiger charge is 2.37. The van der Waals surface area contributed by atoms with E-state index >= 15 is 0 Å². The molecule has 0 aliphatic carbocycles. The van der Waals surface area contributed by atoms with Crippen LogP contribution in [0.1, 0.15) is 38.5 Å². The van der Waals surface area contributed by atoms with Gasteiger partial charge in [0.1, 0.15) is 5.82 Å². The van der Waals surface area contributed by atoms with Crippen LogP contribution in [-0.2, 0) is 24.7 Å². The Morgan fingerprint density at radius 1 is 1.21 bits per heavy atom. The number of ether oxygens (including phenoxy) is 4. The van der Waals surface area contributed by atoms with Crippen molar-refractivity contribution in [2.24, 2.45) is 0 Å². The molecule has 1 saturated heterocycles. The molecule has 1 aromatic heterocycles. The van der Waals surface area contributed by atoms with Gasteiger partial charge in [0.25, 0.3) is 0 Å². The van der Waals surface area contributed by atoms with Crippen LogP contribution in [0.5, 0.6) is 0 Å². The third kappa shape index (κ3) is 4.59. The molecule has 2 atom stereocenters. The predicted molar refractivity (Wildman–Crippen MR) is 103 cm³/mol. The molecule has 0 bridgehead atoms. The lowest BCUT2D eigenvalue weighted by atomic mass is 10.00. The van der Waals surface area contributed by atoms with Crippen LogP contribution in [0.3, 0.4) is 0 Å². The zero-order valence-electron chi connectivity index (χ0n) is 16.2. The molecule has 2 N–H and O–H groups in total. The molecule has 0 spiro atoms. The van der Waals surface area contributed by atoms with Crippen LogP contribution in [0.4, 0.5) is 5.82 Å². The van der Waals surface area contributed by atoms with Gasteiger partial charge in [-0.15, -0.1) is 0 Å². The van der Waals surface area contributed by atoms with Crippen molar-refractivity contribution in [2.75, 3.05) is 25.6 Å². The fraction of sp³-hybridized carbons (Fsp3) is 0.500. The van der Waals surface area contributed by atoms with Crippen LogP contribution in [0, 0.1) is 0 Å². The minimum absolute atomic E-state index is 0.179. The van der Waals surface area contributed by atoms with E-state index in [2.05, 4.69) is 4.98 Å². The summed E-state index contributed by atoms with van der Waals surface area (Å²) in [4.78, 5) is 15.7. The van der Waals surface area contributed by atoms with Gasteiger partial charge in [0.2, 0.25) is 0 Å². The Morgan fingerprint density at radius 3 is 2.57 bits per heavy atom. The first-order valence-corrected chi connectivity index (χ1v) is 9.53. The number of nitrogen functional groups attached to an aromatic ring is 1. The second-order valence-corrected chi connectivity index (χ2v) is 6.42. The van der Waals surface area contributed by atoms with Gasteiger partial charge in [-0.05, 0) is 19.9 Å². The summed E-state index contributed by atoms with van der Waals surface area (Å²) < 4.78 is 25.1. The van der Waals surface area contributed by atoms with E-state index in [9.17, 15) is 4.79 Å². The number of rotatable bonds is 9. The Balaban J connectivity index is 1.69. The fourth-order valence-electron chi connectivity index (χ4n) is 3.35. The molecule has 2 heterocycles. The van der Waals surface area contributed by atoms with E-state index in [0.717, 1.165) is 5.56 Å². The van der Waals surface area contributed by atoms with Gasteiger partial charge in [0.05, 0.1) is 6.61 Å². The monoisotopic (exact) mass is 389 g/mol. The maximum Gasteiger partial charge on any atom is 0.351 e. The number of nitrogens with two attached hydrogens (primary N) is 1. The zero-order valence-corrected chi connectivity index (χ0v) is 16.2. The molecular weight excluding hydrogens is 362 g/mol. The first-order chi connectivity index (χ1) is 13.6. The molecule has 1 aliphatic heterocycles. The van der Waals surface area contributed by atoms with Crippen LogP contribution in [0.2, 0.25) is 0 Å². The van der Waals surface area contributed by atoms with Crippen molar-refractivity contribution in [2.45, 2.75) is 45.0 Å². The van der Waals surface area contributed by atoms with E-state index in [4.69, 9.17) is 24.7 Å². The summed E-state index contributed by atoms with van der Waals surface area (Å²) in [6.07, 6.45) is 1.65. The lowest BCUT2D eigenvalue weighted by molar-refractivity contribution is -0.253. The van der Waals surface area contributed by atoms with Crippen molar-refractivity contribution in [1.29, 1.82) is 0 Å². The van der Waals surface area contributed by atoms with Gasteiger partial charge >= 0.3 is 5.69 Å². The van der Waals surface area contributed by atoms with Gasteiger partial charge in [0, 0.05) is 37.8 Å². The SMILES string of the molecule is CCOC(CC[C@H]1OC[C@@H](n2ccc(N)nc2=O)O1)(OCC)c1ccccc1. The fourth-order valence-corrected chi connectivity index (χ4v) is 3.35. The maximum atomic E-state index is 12.0. The van der Waals surface area contributed by atoms with Crippen molar-refractivity contribution < 1.29 is 18.9 Å². The van der Waals surface area contributed by atoms with E-state index in [1.165, 1.54) is 4.57 Å². The Labute approximate surface area is 164 Å². The topological polar surface area (TPSA) is 97.8 Å². The van der Waals surface area contributed by atoms with Crippen LogP contribution in [-0.4, -0.2) is 35.7 Å². The molecule has 8 heteroatoms. The van der Waals surface area contributed by atoms with Gasteiger partial charge in [-0.25, -0.2) is 4.79 Å². The van der Waals surface area contributed by atoms with E-state index < -0.39 is 24.0 Å². The van der Waals surface area contributed by atoms with Crippen LogP contribution in [0.25, 0.3) is 0 Å². The molecular formula is C20H27N3O5. The minimum atomic E-state index is -0.866. The molecule has 0 unspecified atom stereocenters. The summed E-state index contributed by atoms with van der Waals surface area (Å²) in [5, 5.41) is 0. The van der Waals surface area contributed by atoms with E-state index in [0.29, 0.717) is 26.1 Å². The van der Waals surface area contributed by atoms with Gasteiger partial charge < -0.3 is 24.7 Å². The largest absolute Gasteiger partial charge is 0.383 e. The van der Waals surface area contributed by atoms with Gasteiger partial charge in [-0.1, -0.05) is 30.3 Å². The molecule has 152 valence electrons. The number of hydrogen-bond donors (Lipinski definition) is 1. The van der Waals surface area contributed by atoms with Crippen molar-refractivity contribution in [3.05, 3.63) is 58.6 Å². The predicted octanol–water partition coefficient (Wildman–Crippen LogP) is 2.40. The summed E-state index contributed by atoms with van der Waals surface area (Å²) in [6, 6.07) is 11.4. The van der Waals surface area contributed by atoms with Crippen molar-refractivity contribution in [3.8, 4) is 0 Å². The second-order valence-electron chi connectivity index (χ2n) is 6.42. The van der Waals surface area contributed by atoms with Crippen molar-refractivity contribution in [3.63, 3.8) is 0 Å². The molecule has 1 aromatic carbocycles. The molecule has 2 aromatic rings. The smallest absolute Gasteiger partial charge is 0.351 e. The second kappa shape index (κ2) is 9.29. The van der Waals surface area contributed by atoms with Crippen LogP contribution >= 0.6 is 0 Å². The highest BCUT2D eigenvalue weighted by Crippen LogP contribution is 2.35. The Morgan fingerprint density at radius 2 is 1.93 bits per heavy atom. The molecule has 0 saturated carbocycles. The highest BCUT2D eigenvalue weighted by atomic mass is 16.7. The lowest BCUT2D eigenvalue weighted by Gasteiger charge is -2.34. The Hall–Kier alpha value is -2.26. The van der Waals surface area contributed by atoms with Crippen LogP contribution in [0.15, 0.2) is 47.4 Å². The number of benzene rings is 1. The summed E-state index contributed by atoms with van der Waals surface area (Å²) in [7, 11) is 0. The Bertz CT molecular complexity index is 805. The lowest BCUT2D eigenvalue weighted by Crippen LogP contribution is -2.35. The normalized spacial score (nSPS) is 19.8. The summed E-state index contributed by atoms with van der Waals surface area (Å²) in [5.74, 6) is -0.687. The molecule has 1 fully saturated rings. The Kier molecular flexibility index (Phi) is 6.79. The van der Waals surface area contributed by atoms with E-state index in [1.54, 1.807) is 12.3 Å². The van der Waals surface area contributed by atoms with Crippen LogP contribution < -0.4 is 11.4 Å². The standard InChI is InChI=1S/C20H27N3O5/c1-3-26-20(27-4-2,15-8-6-5-7-9-15)12-10-18-25-14-17(28-18)23-13-11-16(21)22-19(23)24/h5-9,11,13,17-18H,3-4,10,12,14H2,1-2H3,(H2,21,22,24)/t17-,18-/m0/s1. The summed E-state index contributed by atoms with van der Waals surface area (Å²) >= 11 is 0. The minimum Gasteiger partial charge on any atom is -0.383 e. The summed E-state index contributed by atoms with van der Waals surface area (Å²) in [5.41, 5.74) is 6.03. The number of hydrogen-bond acceptors (Lipinski definition) is 7. The maximum absolute atomic E-state index is 12.0.